The lowest BCUT2D eigenvalue weighted by molar-refractivity contribution is -0.137. The van der Waals surface area contributed by atoms with Gasteiger partial charge in [-0.05, 0) is 25.7 Å². The Balaban J connectivity index is 2.84. The molecule has 0 bridgehead atoms. The average molecular weight is 170 g/mol. The maximum atomic E-state index is 11.1. The standard InChI is InChI=1S/C8H14N2O2/c1-5(11)8(10,7(9)12)6-3-2-4-6/h6H,2-4,10H2,1H3,(H2,9,12)/t8-/m0/s1. The van der Waals surface area contributed by atoms with Crippen LogP contribution in [-0.2, 0) is 9.59 Å². The van der Waals surface area contributed by atoms with Crippen LogP contribution < -0.4 is 11.5 Å². The molecule has 0 heterocycles. The first-order valence-corrected chi connectivity index (χ1v) is 4.09. The smallest absolute Gasteiger partial charge is 0.245 e. The molecule has 1 rings (SSSR count). The van der Waals surface area contributed by atoms with Crippen LogP contribution in [0.15, 0.2) is 0 Å². The number of primary amides is 1. The van der Waals surface area contributed by atoms with Gasteiger partial charge < -0.3 is 11.5 Å². The molecule has 0 unspecified atom stereocenters. The molecular weight excluding hydrogens is 156 g/mol. The molecule has 4 nitrogen and oxygen atoms in total. The minimum Gasteiger partial charge on any atom is -0.368 e. The van der Waals surface area contributed by atoms with Gasteiger partial charge in [0, 0.05) is 0 Å². The summed E-state index contributed by atoms with van der Waals surface area (Å²) in [7, 11) is 0. The Morgan fingerprint density at radius 2 is 1.92 bits per heavy atom. The number of nitrogens with two attached hydrogens (primary N) is 2. The normalized spacial score (nSPS) is 22.5. The number of ketones is 1. The van der Waals surface area contributed by atoms with Gasteiger partial charge in [0.2, 0.25) is 5.91 Å². The van der Waals surface area contributed by atoms with Gasteiger partial charge in [0.25, 0.3) is 0 Å². The molecule has 1 fully saturated rings. The van der Waals surface area contributed by atoms with Crippen LogP contribution in [-0.4, -0.2) is 17.2 Å². The van der Waals surface area contributed by atoms with Crippen molar-refractivity contribution in [3.05, 3.63) is 0 Å². The summed E-state index contributed by atoms with van der Waals surface area (Å²) in [4.78, 5) is 22.1. The van der Waals surface area contributed by atoms with Crippen molar-refractivity contribution in [3.63, 3.8) is 0 Å². The Labute approximate surface area is 71.3 Å². The van der Waals surface area contributed by atoms with Gasteiger partial charge in [0.1, 0.15) is 0 Å². The summed E-state index contributed by atoms with van der Waals surface area (Å²) in [5, 5.41) is 0. The second-order valence-corrected chi connectivity index (χ2v) is 3.42. The van der Waals surface area contributed by atoms with Crippen LogP contribution in [0.1, 0.15) is 26.2 Å². The average Bonchev–Trinajstić information content (AvgIpc) is 1.82. The first-order chi connectivity index (χ1) is 5.49. The second kappa shape index (κ2) is 2.86. The van der Waals surface area contributed by atoms with Crippen LogP contribution >= 0.6 is 0 Å². The molecule has 68 valence electrons. The van der Waals surface area contributed by atoms with Crippen LogP contribution in [0.2, 0.25) is 0 Å². The van der Waals surface area contributed by atoms with E-state index in [9.17, 15) is 9.59 Å². The third kappa shape index (κ3) is 1.12. The highest BCUT2D eigenvalue weighted by atomic mass is 16.2. The monoisotopic (exact) mass is 170 g/mol. The first kappa shape index (κ1) is 9.19. The highest BCUT2D eigenvalue weighted by Gasteiger charge is 2.47. The number of hydrogen-bond acceptors (Lipinski definition) is 3. The summed E-state index contributed by atoms with van der Waals surface area (Å²) < 4.78 is 0. The van der Waals surface area contributed by atoms with Gasteiger partial charge in [-0.1, -0.05) is 6.42 Å². The lowest BCUT2D eigenvalue weighted by Crippen LogP contribution is -2.63. The summed E-state index contributed by atoms with van der Waals surface area (Å²) in [6.45, 7) is 1.32. The summed E-state index contributed by atoms with van der Waals surface area (Å²) in [5.74, 6) is -1.05. The van der Waals surface area contributed by atoms with Gasteiger partial charge in [-0.2, -0.15) is 0 Å². The lowest BCUT2D eigenvalue weighted by atomic mass is 9.69. The zero-order valence-electron chi connectivity index (χ0n) is 7.17. The van der Waals surface area contributed by atoms with Crippen molar-refractivity contribution in [1.29, 1.82) is 0 Å². The molecule has 1 saturated carbocycles. The summed E-state index contributed by atoms with van der Waals surface area (Å²) in [6.07, 6.45) is 2.70. The first-order valence-electron chi connectivity index (χ1n) is 4.09. The molecule has 0 aromatic carbocycles. The Bertz CT molecular complexity index is 207. The van der Waals surface area contributed by atoms with E-state index < -0.39 is 11.4 Å². The minimum atomic E-state index is -1.40. The van der Waals surface area contributed by atoms with Gasteiger partial charge in [-0.15, -0.1) is 0 Å². The molecule has 1 aliphatic carbocycles. The number of hydrogen-bond donors (Lipinski definition) is 2. The summed E-state index contributed by atoms with van der Waals surface area (Å²) in [6, 6.07) is 0. The van der Waals surface area contributed by atoms with Gasteiger partial charge in [0.05, 0.1) is 0 Å². The molecule has 0 spiro atoms. The highest BCUT2D eigenvalue weighted by Crippen LogP contribution is 2.35. The fourth-order valence-electron chi connectivity index (χ4n) is 1.53. The summed E-state index contributed by atoms with van der Waals surface area (Å²) >= 11 is 0. The Hall–Kier alpha value is -0.900. The molecule has 0 aliphatic heterocycles. The fraction of sp³-hybridized carbons (Fsp3) is 0.750. The van der Waals surface area contributed by atoms with Crippen molar-refractivity contribution < 1.29 is 9.59 Å². The maximum Gasteiger partial charge on any atom is 0.245 e. The second-order valence-electron chi connectivity index (χ2n) is 3.42. The third-order valence-corrected chi connectivity index (χ3v) is 2.74. The zero-order valence-corrected chi connectivity index (χ0v) is 7.17. The maximum absolute atomic E-state index is 11.1. The predicted molar refractivity (Wildman–Crippen MR) is 44.1 cm³/mol. The van der Waals surface area contributed by atoms with Crippen LogP contribution in [0.4, 0.5) is 0 Å². The molecule has 12 heavy (non-hydrogen) atoms. The molecule has 4 heteroatoms. The van der Waals surface area contributed by atoms with E-state index >= 15 is 0 Å². The number of carbonyl (C=O) groups is 2. The minimum absolute atomic E-state index is 0.0347. The number of amides is 1. The van der Waals surface area contributed by atoms with E-state index in [-0.39, 0.29) is 11.7 Å². The third-order valence-electron chi connectivity index (χ3n) is 2.74. The molecule has 0 saturated heterocycles. The molecule has 0 aromatic heterocycles. The quantitative estimate of drug-likeness (QED) is 0.563. The molecule has 1 atom stereocenters. The van der Waals surface area contributed by atoms with Crippen molar-refractivity contribution >= 4 is 11.7 Å². The van der Waals surface area contributed by atoms with Gasteiger partial charge in [0.15, 0.2) is 11.3 Å². The Kier molecular flexibility index (Phi) is 2.19. The molecular formula is C8H14N2O2. The Morgan fingerprint density at radius 3 is 2.00 bits per heavy atom. The number of carbonyl (C=O) groups excluding carboxylic acids is 2. The predicted octanol–water partition coefficient (Wildman–Crippen LogP) is -0.442. The zero-order chi connectivity index (χ0) is 9.35. The number of Topliss-reactive ketones (excluding diaryl/α,β-unsaturated/α-hetero) is 1. The van der Waals surface area contributed by atoms with E-state index in [1.165, 1.54) is 6.92 Å². The van der Waals surface area contributed by atoms with Crippen molar-refractivity contribution in [2.24, 2.45) is 17.4 Å². The van der Waals surface area contributed by atoms with Gasteiger partial charge in [-0.3, -0.25) is 9.59 Å². The Morgan fingerprint density at radius 1 is 1.42 bits per heavy atom. The van der Waals surface area contributed by atoms with Crippen LogP contribution in [0, 0.1) is 5.92 Å². The van der Waals surface area contributed by atoms with Crippen molar-refractivity contribution in [2.45, 2.75) is 31.7 Å². The topological polar surface area (TPSA) is 86.2 Å². The van der Waals surface area contributed by atoms with E-state index in [0.29, 0.717) is 0 Å². The van der Waals surface area contributed by atoms with Crippen molar-refractivity contribution in [2.75, 3.05) is 0 Å². The lowest BCUT2D eigenvalue weighted by Gasteiger charge is -2.38. The van der Waals surface area contributed by atoms with Gasteiger partial charge in [-0.25, -0.2) is 0 Å². The highest BCUT2D eigenvalue weighted by molar-refractivity contribution is 6.09. The van der Waals surface area contributed by atoms with E-state index in [1.54, 1.807) is 0 Å². The van der Waals surface area contributed by atoms with Crippen molar-refractivity contribution in [1.82, 2.24) is 0 Å². The van der Waals surface area contributed by atoms with E-state index in [4.69, 9.17) is 11.5 Å². The van der Waals surface area contributed by atoms with Crippen molar-refractivity contribution in [3.8, 4) is 0 Å². The van der Waals surface area contributed by atoms with Crippen LogP contribution in [0.25, 0.3) is 0 Å². The van der Waals surface area contributed by atoms with E-state index in [0.717, 1.165) is 19.3 Å². The molecule has 0 radical (unpaired) electrons. The van der Waals surface area contributed by atoms with E-state index in [2.05, 4.69) is 0 Å². The largest absolute Gasteiger partial charge is 0.368 e. The molecule has 4 N–H and O–H groups in total. The SMILES string of the molecule is CC(=O)[C@@](N)(C(N)=O)C1CCC1. The molecule has 0 aromatic rings. The van der Waals surface area contributed by atoms with Gasteiger partial charge >= 0.3 is 0 Å². The van der Waals surface area contributed by atoms with Crippen LogP contribution in [0.3, 0.4) is 0 Å². The molecule has 1 aliphatic rings. The summed E-state index contributed by atoms with van der Waals surface area (Å²) in [5.41, 5.74) is 9.36. The number of rotatable bonds is 3. The van der Waals surface area contributed by atoms with E-state index in [1.807, 2.05) is 0 Å². The molecule has 1 amide bonds. The fourth-order valence-corrected chi connectivity index (χ4v) is 1.53. The van der Waals surface area contributed by atoms with Crippen LogP contribution in [0.5, 0.6) is 0 Å².